The fraction of sp³-hybridized carbons (Fsp3) is 0.300. The van der Waals surface area contributed by atoms with Gasteiger partial charge in [-0.05, 0) is 50.1 Å². The van der Waals surface area contributed by atoms with Gasteiger partial charge in [-0.2, -0.15) is 0 Å². The number of aromatic amines is 2. The third kappa shape index (κ3) is 4.10. The van der Waals surface area contributed by atoms with Gasteiger partial charge in [-0.1, -0.05) is 12.1 Å². The van der Waals surface area contributed by atoms with Crippen LogP contribution in [0.2, 0.25) is 0 Å². The van der Waals surface area contributed by atoms with Gasteiger partial charge >= 0.3 is 5.69 Å². The summed E-state index contributed by atoms with van der Waals surface area (Å²) in [6.07, 6.45) is 1.78. The molecule has 2 heterocycles. The number of fused-ring (bicyclic) bond motifs is 1. The molecule has 158 valence electrons. The van der Waals surface area contributed by atoms with Crippen molar-refractivity contribution in [2.24, 2.45) is 0 Å². The Bertz CT molecular complexity index is 1240. The number of aromatic nitrogens is 2. The number of imidazole rings is 1. The van der Waals surface area contributed by atoms with Crippen molar-refractivity contribution in [2.75, 3.05) is 11.3 Å². The van der Waals surface area contributed by atoms with E-state index in [2.05, 4.69) is 20.0 Å². The minimum absolute atomic E-state index is 0.0341. The highest BCUT2D eigenvalue weighted by Gasteiger charge is 2.25. The fourth-order valence-corrected chi connectivity index (χ4v) is 4.63. The molecule has 0 saturated carbocycles. The van der Waals surface area contributed by atoms with E-state index in [1.807, 2.05) is 6.92 Å². The zero-order chi connectivity index (χ0) is 21.3. The maximum atomic E-state index is 12.9. The van der Waals surface area contributed by atoms with Crippen LogP contribution >= 0.6 is 0 Å². The van der Waals surface area contributed by atoms with Crippen LogP contribution in [0.25, 0.3) is 11.0 Å². The van der Waals surface area contributed by atoms with Crippen LogP contribution in [0.4, 0.5) is 5.69 Å². The summed E-state index contributed by atoms with van der Waals surface area (Å²) in [7, 11) is -3.99. The van der Waals surface area contributed by atoms with E-state index in [1.54, 1.807) is 18.2 Å². The van der Waals surface area contributed by atoms with Crippen LogP contribution in [-0.4, -0.2) is 43.0 Å². The Hall–Kier alpha value is -3.11. The standard InChI is InChI=1S/C20H22N4O5S/c1-12(18-7-4-10-29-18)21-19(25)14-5-2-3-6-15(14)24-30(27,28)13-8-9-16-17(11-13)23-20(26)22-16/h2-3,5-6,8-9,11-12,18,24H,4,7,10H2,1H3,(H,21,25)(H2,22,23,26). The summed E-state index contributed by atoms with van der Waals surface area (Å²) in [5.74, 6) is -0.387. The van der Waals surface area contributed by atoms with Gasteiger partial charge in [0.1, 0.15) is 0 Å². The van der Waals surface area contributed by atoms with Crippen molar-refractivity contribution in [3.63, 3.8) is 0 Å². The van der Waals surface area contributed by atoms with Crippen molar-refractivity contribution in [1.82, 2.24) is 15.3 Å². The van der Waals surface area contributed by atoms with E-state index in [0.29, 0.717) is 17.6 Å². The Morgan fingerprint density at radius 2 is 1.93 bits per heavy atom. The second-order valence-electron chi connectivity index (χ2n) is 7.25. The van der Waals surface area contributed by atoms with E-state index >= 15 is 0 Å². The Balaban J connectivity index is 1.57. The van der Waals surface area contributed by atoms with Gasteiger partial charge in [-0.25, -0.2) is 13.2 Å². The molecule has 1 aliphatic heterocycles. The lowest BCUT2D eigenvalue weighted by atomic mass is 10.1. The molecule has 1 aromatic heterocycles. The summed E-state index contributed by atoms with van der Waals surface area (Å²) in [6.45, 7) is 2.55. The molecule has 0 spiro atoms. The molecule has 2 unspecified atom stereocenters. The van der Waals surface area contributed by atoms with E-state index in [9.17, 15) is 18.0 Å². The summed E-state index contributed by atoms with van der Waals surface area (Å²) in [4.78, 5) is 29.3. The number of sulfonamides is 1. The number of carbonyl (C=O) groups excluding carboxylic acids is 1. The zero-order valence-corrected chi connectivity index (χ0v) is 17.1. The van der Waals surface area contributed by atoms with Crippen LogP contribution in [0.3, 0.4) is 0 Å². The number of anilines is 1. The molecule has 4 rings (SSSR count). The summed E-state index contributed by atoms with van der Waals surface area (Å²) in [5.41, 5.74) is 0.829. The minimum Gasteiger partial charge on any atom is -0.376 e. The molecule has 2 aromatic carbocycles. The van der Waals surface area contributed by atoms with Crippen molar-refractivity contribution in [3.8, 4) is 0 Å². The lowest BCUT2D eigenvalue weighted by molar-refractivity contribution is 0.0713. The van der Waals surface area contributed by atoms with Crippen molar-refractivity contribution in [2.45, 2.75) is 36.8 Å². The number of carbonyl (C=O) groups is 1. The lowest BCUT2D eigenvalue weighted by Gasteiger charge is -2.21. The number of H-pyrrole nitrogens is 2. The molecule has 3 aromatic rings. The molecule has 30 heavy (non-hydrogen) atoms. The highest BCUT2D eigenvalue weighted by molar-refractivity contribution is 7.92. The summed E-state index contributed by atoms with van der Waals surface area (Å²) in [5, 5.41) is 2.89. The van der Waals surface area contributed by atoms with E-state index in [-0.39, 0.29) is 34.2 Å². The number of amides is 1. The normalized spacial score (nSPS) is 17.7. The quantitative estimate of drug-likeness (QED) is 0.474. The average Bonchev–Trinajstić information content (AvgIpc) is 3.36. The molecule has 0 radical (unpaired) electrons. The van der Waals surface area contributed by atoms with Crippen molar-refractivity contribution in [3.05, 3.63) is 58.5 Å². The highest BCUT2D eigenvalue weighted by Crippen LogP contribution is 2.23. The smallest absolute Gasteiger partial charge is 0.323 e. The predicted molar refractivity (Wildman–Crippen MR) is 112 cm³/mol. The van der Waals surface area contributed by atoms with E-state index in [4.69, 9.17) is 4.74 Å². The average molecular weight is 430 g/mol. The summed E-state index contributed by atoms with van der Waals surface area (Å²) in [6, 6.07) is 10.4. The number of hydrogen-bond acceptors (Lipinski definition) is 5. The molecule has 1 saturated heterocycles. The van der Waals surface area contributed by atoms with Gasteiger partial charge in [-0.3, -0.25) is 9.52 Å². The van der Waals surface area contributed by atoms with E-state index < -0.39 is 15.7 Å². The third-order valence-corrected chi connectivity index (χ3v) is 6.46. The van der Waals surface area contributed by atoms with E-state index in [0.717, 1.165) is 12.8 Å². The molecular weight excluding hydrogens is 408 g/mol. The van der Waals surface area contributed by atoms with Gasteiger partial charge in [0.15, 0.2) is 0 Å². The topological polar surface area (TPSA) is 133 Å². The molecule has 10 heteroatoms. The molecule has 0 aliphatic carbocycles. The van der Waals surface area contributed by atoms with Crippen molar-refractivity contribution in [1.29, 1.82) is 0 Å². The number of nitrogens with one attached hydrogen (secondary N) is 4. The summed E-state index contributed by atoms with van der Waals surface area (Å²) < 4.78 is 33.9. The van der Waals surface area contributed by atoms with Crippen molar-refractivity contribution < 1.29 is 17.9 Å². The van der Waals surface area contributed by atoms with Gasteiger partial charge in [-0.15, -0.1) is 0 Å². The number of hydrogen-bond donors (Lipinski definition) is 4. The predicted octanol–water partition coefficient (Wildman–Crippen LogP) is 1.95. The highest BCUT2D eigenvalue weighted by atomic mass is 32.2. The largest absolute Gasteiger partial charge is 0.376 e. The van der Waals surface area contributed by atoms with Crippen LogP contribution in [0.15, 0.2) is 52.2 Å². The third-order valence-electron chi connectivity index (χ3n) is 5.10. The van der Waals surface area contributed by atoms with Crippen LogP contribution in [-0.2, 0) is 14.8 Å². The van der Waals surface area contributed by atoms with Gasteiger partial charge in [0.25, 0.3) is 15.9 Å². The second-order valence-corrected chi connectivity index (χ2v) is 8.93. The molecule has 1 amide bonds. The first kappa shape index (κ1) is 20.2. The van der Waals surface area contributed by atoms with Gasteiger partial charge in [0, 0.05) is 6.61 Å². The first-order chi connectivity index (χ1) is 14.3. The van der Waals surface area contributed by atoms with Crippen molar-refractivity contribution >= 4 is 32.7 Å². The second kappa shape index (κ2) is 7.96. The Morgan fingerprint density at radius 1 is 1.17 bits per heavy atom. The fourth-order valence-electron chi connectivity index (χ4n) is 3.53. The van der Waals surface area contributed by atoms with Gasteiger partial charge < -0.3 is 20.0 Å². The van der Waals surface area contributed by atoms with Gasteiger partial charge in [0.05, 0.1) is 39.3 Å². The first-order valence-electron chi connectivity index (χ1n) is 9.60. The maximum Gasteiger partial charge on any atom is 0.323 e. The number of ether oxygens (including phenoxy) is 1. The maximum absolute atomic E-state index is 12.9. The van der Waals surface area contributed by atoms with Gasteiger partial charge in [0.2, 0.25) is 0 Å². The van der Waals surface area contributed by atoms with Crippen LogP contribution in [0.1, 0.15) is 30.1 Å². The van der Waals surface area contributed by atoms with Crippen LogP contribution < -0.4 is 15.7 Å². The van der Waals surface area contributed by atoms with Crippen LogP contribution in [0, 0.1) is 0 Å². The molecule has 1 fully saturated rings. The molecular formula is C20H22N4O5S. The molecule has 1 aliphatic rings. The Labute approximate surface area is 172 Å². The SMILES string of the molecule is CC(NC(=O)c1ccccc1NS(=O)(=O)c1ccc2[nH]c(=O)[nH]c2c1)C1CCCO1. The Morgan fingerprint density at radius 3 is 2.70 bits per heavy atom. The zero-order valence-electron chi connectivity index (χ0n) is 16.3. The minimum atomic E-state index is -3.99. The van der Waals surface area contributed by atoms with Crippen LogP contribution in [0.5, 0.6) is 0 Å². The Kier molecular flexibility index (Phi) is 5.35. The molecule has 9 nitrogen and oxygen atoms in total. The molecule has 0 bridgehead atoms. The summed E-state index contributed by atoms with van der Waals surface area (Å²) >= 11 is 0. The lowest BCUT2D eigenvalue weighted by Crippen LogP contribution is -2.41. The number of para-hydroxylation sites is 1. The number of rotatable bonds is 6. The molecule has 4 N–H and O–H groups in total. The molecule has 2 atom stereocenters. The first-order valence-corrected chi connectivity index (χ1v) is 11.1. The monoisotopic (exact) mass is 430 g/mol. The van der Waals surface area contributed by atoms with E-state index in [1.165, 1.54) is 24.3 Å². The number of benzene rings is 2.